The molecule has 41 heavy (non-hydrogen) atoms. The molecule has 4 aromatic carbocycles. The van der Waals surface area contributed by atoms with Crippen molar-refractivity contribution >= 4 is 60.2 Å². The summed E-state index contributed by atoms with van der Waals surface area (Å²) in [4.78, 5) is 14.0. The van der Waals surface area contributed by atoms with Gasteiger partial charge in [-0.3, -0.25) is 14.4 Å². The van der Waals surface area contributed by atoms with Crippen LogP contribution in [0.1, 0.15) is 11.1 Å². The van der Waals surface area contributed by atoms with E-state index < -0.39 is 0 Å². The van der Waals surface area contributed by atoms with Gasteiger partial charge in [-0.25, -0.2) is 4.98 Å². The van der Waals surface area contributed by atoms with Crippen LogP contribution in [0.2, 0.25) is 0 Å². The molecule has 9 aromatic rings. The predicted octanol–water partition coefficient (Wildman–Crippen LogP) is 8.25. The van der Waals surface area contributed by atoms with E-state index in [1.165, 1.54) is 49.4 Å². The van der Waals surface area contributed by atoms with Crippen LogP contribution in [0.15, 0.2) is 116 Å². The van der Waals surface area contributed by atoms with Gasteiger partial charge in [0.15, 0.2) is 0 Å². The van der Waals surface area contributed by atoms with Crippen molar-refractivity contribution in [3.63, 3.8) is 0 Å². The second-order valence-corrected chi connectivity index (χ2v) is 10.9. The van der Waals surface area contributed by atoms with Crippen molar-refractivity contribution < 1.29 is 0 Å². The molecule has 5 nitrogen and oxygen atoms in total. The largest absolute Gasteiger partial charge is 0.309 e. The topological polar surface area (TPSA) is 48.0 Å². The maximum absolute atomic E-state index is 5.10. The lowest BCUT2D eigenvalue weighted by Gasteiger charge is -2.13. The first kappa shape index (κ1) is 21.3. The first-order valence-corrected chi connectivity index (χ1v) is 13.9. The van der Waals surface area contributed by atoms with Gasteiger partial charge >= 0.3 is 0 Å². The molecule has 0 atom stereocenters. The molecule has 0 fully saturated rings. The fourth-order valence-electron chi connectivity index (χ4n) is 7.17. The highest BCUT2D eigenvalue weighted by Crippen LogP contribution is 2.45. The van der Waals surface area contributed by atoms with Crippen LogP contribution in [0.25, 0.3) is 77.0 Å². The van der Waals surface area contributed by atoms with Gasteiger partial charge in [-0.1, -0.05) is 48.5 Å². The van der Waals surface area contributed by atoms with Gasteiger partial charge < -0.3 is 4.57 Å². The Labute approximate surface area is 234 Å². The molecule has 190 valence electrons. The minimum Gasteiger partial charge on any atom is -0.309 e. The van der Waals surface area contributed by atoms with Gasteiger partial charge in [0.25, 0.3) is 0 Å². The average molecular weight is 524 g/mol. The Morgan fingerprint density at radius 3 is 2.37 bits per heavy atom. The third kappa shape index (κ3) is 2.68. The van der Waals surface area contributed by atoms with E-state index in [9.17, 15) is 0 Å². The molecule has 0 radical (unpaired) electrons. The number of hydrogen-bond donors (Lipinski definition) is 0. The van der Waals surface area contributed by atoms with Gasteiger partial charge in [-0.05, 0) is 71.1 Å². The van der Waals surface area contributed by atoms with E-state index in [1.54, 1.807) is 0 Å². The number of hydrogen-bond acceptors (Lipinski definition) is 3. The lowest BCUT2D eigenvalue weighted by Crippen LogP contribution is -1.97. The number of imidazole rings is 1. The minimum atomic E-state index is 0.879. The molecule has 10 rings (SSSR count). The van der Waals surface area contributed by atoms with Crippen LogP contribution in [-0.4, -0.2) is 23.9 Å². The Bertz CT molecular complexity index is 2550. The number of benzene rings is 4. The van der Waals surface area contributed by atoms with Crippen molar-refractivity contribution in [3.8, 4) is 16.8 Å². The Hall–Kier alpha value is -5.55. The maximum atomic E-state index is 5.10. The fourth-order valence-corrected chi connectivity index (χ4v) is 7.17. The minimum absolute atomic E-state index is 0.879. The van der Waals surface area contributed by atoms with Crippen molar-refractivity contribution in [2.75, 3.05) is 0 Å². The summed E-state index contributed by atoms with van der Waals surface area (Å²) in [6.45, 7) is 0. The van der Waals surface area contributed by atoms with Crippen molar-refractivity contribution in [2.45, 2.75) is 6.42 Å². The SMILES string of the molecule is c1ccc(-n2c3cc4c(cc3c3ccc5c(c6ccncc6n6c7ccncc7nc56)c32)Cc2ccccc2-4)cc1. The number of para-hydroxylation sites is 1. The van der Waals surface area contributed by atoms with E-state index in [0.29, 0.717) is 0 Å². The van der Waals surface area contributed by atoms with Crippen LogP contribution in [0.3, 0.4) is 0 Å². The van der Waals surface area contributed by atoms with Gasteiger partial charge in [0, 0.05) is 45.0 Å². The molecule has 1 aliphatic carbocycles. The zero-order valence-electron chi connectivity index (χ0n) is 21.9. The third-order valence-corrected chi connectivity index (χ3v) is 8.86. The number of fused-ring (bicyclic) bond motifs is 15. The molecule has 1 aliphatic rings. The van der Waals surface area contributed by atoms with E-state index >= 15 is 0 Å². The number of pyridine rings is 3. The van der Waals surface area contributed by atoms with E-state index in [1.807, 2.05) is 30.9 Å². The second-order valence-electron chi connectivity index (χ2n) is 10.9. The highest BCUT2D eigenvalue weighted by atomic mass is 15.0. The smallest absolute Gasteiger partial charge is 0.146 e. The normalized spacial score (nSPS) is 12.8. The highest BCUT2D eigenvalue weighted by Gasteiger charge is 2.24. The first-order valence-electron chi connectivity index (χ1n) is 13.9. The molecule has 0 bridgehead atoms. The summed E-state index contributed by atoms with van der Waals surface area (Å²) in [5, 5.41) is 5.98. The van der Waals surface area contributed by atoms with Gasteiger partial charge in [0.05, 0.1) is 34.5 Å². The van der Waals surface area contributed by atoms with Crippen LogP contribution >= 0.6 is 0 Å². The fraction of sp³-hybridized carbons (Fsp3) is 0.0278. The molecule has 5 heteroatoms. The van der Waals surface area contributed by atoms with E-state index in [2.05, 4.69) is 104 Å². The zero-order valence-corrected chi connectivity index (χ0v) is 21.9. The lowest BCUT2D eigenvalue weighted by atomic mass is 10.0. The van der Waals surface area contributed by atoms with Gasteiger partial charge in [-0.2, -0.15) is 0 Å². The summed E-state index contributed by atoms with van der Waals surface area (Å²) in [7, 11) is 0. The van der Waals surface area contributed by atoms with E-state index in [4.69, 9.17) is 4.98 Å². The van der Waals surface area contributed by atoms with Crippen LogP contribution in [-0.2, 0) is 6.42 Å². The quantitative estimate of drug-likeness (QED) is 0.204. The van der Waals surface area contributed by atoms with Crippen molar-refractivity contribution in [1.29, 1.82) is 0 Å². The van der Waals surface area contributed by atoms with Crippen molar-refractivity contribution in [3.05, 3.63) is 127 Å². The summed E-state index contributed by atoms with van der Waals surface area (Å²) in [6, 6.07) is 33.1. The predicted molar refractivity (Wildman–Crippen MR) is 166 cm³/mol. The summed E-state index contributed by atoms with van der Waals surface area (Å²) in [5.41, 5.74) is 12.9. The van der Waals surface area contributed by atoms with E-state index in [-0.39, 0.29) is 0 Å². The standard InChI is InChI=1S/C36H21N5/c1-2-7-23(8-3-1)40-32-18-28-22(16-21-6-4-5-9-24(21)28)17-29(32)25-10-11-27-34(35(25)40)26-12-14-38-20-33(26)41-31-13-15-37-19-30(31)39-36(27)41/h1-15,17-20H,16H2. The van der Waals surface area contributed by atoms with Crippen LogP contribution in [0.5, 0.6) is 0 Å². The van der Waals surface area contributed by atoms with Gasteiger partial charge in [0.2, 0.25) is 0 Å². The third-order valence-electron chi connectivity index (χ3n) is 8.86. The molecule has 0 saturated heterocycles. The molecule has 0 N–H and O–H groups in total. The van der Waals surface area contributed by atoms with Crippen molar-refractivity contribution in [1.82, 2.24) is 23.9 Å². The summed E-state index contributed by atoms with van der Waals surface area (Å²) >= 11 is 0. The van der Waals surface area contributed by atoms with Crippen LogP contribution < -0.4 is 0 Å². The Balaban J connectivity index is 1.47. The van der Waals surface area contributed by atoms with Gasteiger partial charge in [-0.15, -0.1) is 0 Å². The maximum Gasteiger partial charge on any atom is 0.146 e. The summed E-state index contributed by atoms with van der Waals surface area (Å²) < 4.78 is 4.68. The number of nitrogens with zero attached hydrogens (tertiary/aromatic N) is 5. The number of rotatable bonds is 1. The Morgan fingerprint density at radius 1 is 0.585 bits per heavy atom. The Kier molecular flexibility index (Phi) is 3.92. The highest BCUT2D eigenvalue weighted by molar-refractivity contribution is 6.28. The van der Waals surface area contributed by atoms with Gasteiger partial charge in [0.1, 0.15) is 11.2 Å². The molecule has 0 saturated carbocycles. The second kappa shape index (κ2) is 7.55. The van der Waals surface area contributed by atoms with Crippen LogP contribution in [0.4, 0.5) is 0 Å². The van der Waals surface area contributed by atoms with Crippen LogP contribution in [0, 0.1) is 0 Å². The number of aromatic nitrogens is 5. The molecule has 5 heterocycles. The monoisotopic (exact) mass is 523 g/mol. The van der Waals surface area contributed by atoms with E-state index in [0.717, 1.165) is 45.1 Å². The molecule has 0 aliphatic heterocycles. The molecular weight excluding hydrogens is 502 g/mol. The summed E-state index contributed by atoms with van der Waals surface area (Å²) in [5.74, 6) is 0. The summed E-state index contributed by atoms with van der Waals surface area (Å²) in [6.07, 6.45) is 8.50. The molecule has 0 amide bonds. The molecular formula is C36H21N5. The molecule has 0 unspecified atom stereocenters. The average Bonchev–Trinajstić information content (AvgIpc) is 3.70. The molecule has 5 aromatic heterocycles. The molecule has 0 spiro atoms. The van der Waals surface area contributed by atoms with Crippen molar-refractivity contribution in [2.24, 2.45) is 0 Å². The lowest BCUT2D eigenvalue weighted by molar-refractivity contribution is 1.18. The first-order chi connectivity index (χ1) is 20.3. The zero-order chi connectivity index (χ0) is 26.7. The Morgan fingerprint density at radius 2 is 1.41 bits per heavy atom.